The number of ether oxygens (including phenoxy) is 2. The van der Waals surface area contributed by atoms with E-state index in [4.69, 9.17) is 15.2 Å². The molecule has 0 amide bonds. The van der Waals surface area contributed by atoms with Gasteiger partial charge >= 0.3 is 0 Å². The standard InChI is InChI=1S/C21H20FNO2/c22-21-12-17(13-23)6-7-18(21)15-25-20-10-8-19(9-11-20)24-14-16-4-2-1-3-5-16/h1-12H,13-15,23H2. The van der Waals surface area contributed by atoms with Crippen molar-refractivity contribution in [1.29, 1.82) is 0 Å². The Morgan fingerprint density at radius 2 is 1.36 bits per heavy atom. The van der Waals surface area contributed by atoms with Crippen molar-refractivity contribution in [3.63, 3.8) is 0 Å². The molecule has 0 saturated heterocycles. The number of hydrogen-bond donors (Lipinski definition) is 1. The fourth-order valence-corrected chi connectivity index (χ4v) is 2.37. The van der Waals surface area contributed by atoms with Crippen molar-refractivity contribution in [3.05, 3.63) is 95.3 Å². The normalized spacial score (nSPS) is 10.5. The number of hydrogen-bond acceptors (Lipinski definition) is 3. The van der Waals surface area contributed by atoms with E-state index >= 15 is 0 Å². The number of rotatable bonds is 7. The third-order valence-electron chi connectivity index (χ3n) is 3.82. The van der Waals surface area contributed by atoms with Gasteiger partial charge in [0.05, 0.1) is 0 Å². The van der Waals surface area contributed by atoms with Gasteiger partial charge in [-0.25, -0.2) is 4.39 Å². The fraction of sp³-hybridized carbons (Fsp3) is 0.143. The van der Waals surface area contributed by atoms with E-state index in [1.165, 1.54) is 6.07 Å². The van der Waals surface area contributed by atoms with E-state index in [2.05, 4.69) is 0 Å². The van der Waals surface area contributed by atoms with Gasteiger partial charge in [-0.2, -0.15) is 0 Å². The Hall–Kier alpha value is -2.85. The van der Waals surface area contributed by atoms with E-state index in [-0.39, 0.29) is 12.4 Å². The Bertz CT molecular complexity index is 804. The molecule has 0 radical (unpaired) electrons. The van der Waals surface area contributed by atoms with Gasteiger partial charge in [0.2, 0.25) is 0 Å². The van der Waals surface area contributed by atoms with Crippen LogP contribution in [-0.2, 0) is 19.8 Å². The number of nitrogens with two attached hydrogens (primary N) is 1. The molecule has 0 atom stereocenters. The summed E-state index contributed by atoms with van der Waals surface area (Å²) < 4.78 is 25.3. The summed E-state index contributed by atoms with van der Waals surface area (Å²) in [5.41, 5.74) is 7.88. The van der Waals surface area contributed by atoms with Crippen LogP contribution < -0.4 is 15.2 Å². The molecule has 2 N–H and O–H groups in total. The first-order chi connectivity index (χ1) is 12.2. The van der Waals surface area contributed by atoms with E-state index in [0.717, 1.165) is 16.9 Å². The predicted molar refractivity (Wildman–Crippen MR) is 95.8 cm³/mol. The van der Waals surface area contributed by atoms with Crippen molar-refractivity contribution < 1.29 is 13.9 Å². The highest BCUT2D eigenvalue weighted by molar-refractivity contribution is 5.32. The van der Waals surface area contributed by atoms with E-state index in [1.54, 1.807) is 6.07 Å². The van der Waals surface area contributed by atoms with Gasteiger partial charge in [0.1, 0.15) is 30.5 Å². The van der Waals surface area contributed by atoms with Crippen LogP contribution in [0.5, 0.6) is 11.5 Å². The Morgan fingerprint density at radius 3 is 1.96 bits per heavy atom. The summed E-state index contributed by atoms with van der Waals surface area (Å²) in [4.78, 5) is 0. The molecule has 25 heavy (non-hydrogen) atoms. The van der Waals surface area contributed by atoms with Crippen molar-refractivity contribution in [1.82, 2.24) is 0 Å². The first-order valence-electron chi connectivity index (χ1n) is 8.11. The third-order valence-corrected chi connectivity index (χ3v) is 3.82. The zero-order valence-corrected chi connectivity index (χ0v) is 13.8. The molecule has 0 unspecified atom stereocenters. The zero-order chi connectivity index (χ0) is 17.5. The van der Waals surface area contributed by atoms with Gasteiger partial charge in [-0.05, 0) is 41.5 Å². The fourth-order valence-electron chi connectivity index (χ4n) is 2.37. The SMILES string of the molecule is NCc1ccc(COc2ccc(OCc3ccccc3)cc2)c(F)c1. The molecule has 0 heterocycles. The summed E-state index contributed by atoms with van der Waals surface area (Å²) in [5, 5.41) is 0. The molecular formula is C21H20FNO2. The average molecular weight is 337 g/mol. The highest BCUT2D eigenvalue weighted by atomic mass is 19.1. The van der Waals surface area contributed by atoms with Gasteiger partial charge in [0, 0.05) is 12.1 Å². The first-order valence-corrected chi connectivity index (χ1v) is 8.11. The summed E-state index contributed by atoms with van der Waals surface area (Å²) in [7, 11) is 0. The van der Waals surface area contributed by atoms with Crippen molar-refractivity contribution in [3.8, 4) is 11.5 Å². The molecule has 0 fully saturated rings. The van der Waals surface area contributed by atoms with Gasteiger partial charge in [-0.15, -0.1) is 0 Å². The van der Waals surface area contributed by atoms with Crippen LogP contribution in [0.2, 0.25) is 0 Å². The van der Waals surface area contributed by atoms with Crippen LogP contribution in [0.25, 0.3) is 0 Å². The molecule has 0 aliphatic carbocycles. The molecule has 0 aromatic heterocycles. The van der Waals surface area contributed by atoms with Crippen LogP contribution >= 0.6 is 0 Å². The third kappa shape index (κ3) is 4.81. The first kappa shape index (κ1) is 17.0. The molecule has 0 aliphatic heterocycles. The lowest BCUT2D eigenvalue weighted by Crippen LogP contribution is -2.02. The average Bonchev–Trinajstić information content (AvgIpc) is 2.67. The van der Waals surface area contributed by atoms with Crippen LogP contribution in [0.3, 0.4) is 0 Å². The van der Waals surface area contributed by atoms with Crippen molar-refractivity contribution in [2.45, 2.75) is 19.8 Å². The largest absolute Gasteiger partial charge is 0.489 e. The second-order valence-electron chi connectivity index (χ2n) is 5.66. The van der Waals surface area contributed by atoms with Gasteiger partial charge < -0.3 is 15.2 Å². The summed E-state index contributed by atoms with van der Waals surface area (Å²) in [6, 6.07) is 22.2. The molecule has 0 aliphatic rings. The Labute approximate surface area is 146 Å². The maximum Gasteiger partial charge on any atom is 0.130 e. The van der Waals surface area contributed by atoms with Crippen molar-refractivity contribution >= 4 is 0 Å². The minimum Gasteiger partial charge on any atom is -0.489 e. The van der Waals surface area contributed by atoms with E-state index in [9.17, 15) is 4.39 Å². The zero-order valence-electron chi connectivity index (χ0n) is 13.8. The molecule has 128 valence electrons. The molecular weight excluding hydrogens is 317 g/mol. The number of halogens is 1. The predicted octanol–water partition coefficient (Wildman–Crippen LogP) is 4.44. The Kier molecular flexibility index (Phi) is 5.65. The molecule has 0 spiro atoms. The van der Waals surface area contributed by atoms with Gasteiger partial charge in [-0.1, -0.05) is 42.5 Å². The Balaban J connectivity index is 1.54. The molecule has 3 nitrogen and oxygen atoms in total. The molecule has 0 saturated carbocycles. The van der Waals surface area contributed by atoms with Crippen LogP contribution in [0.1, 0.15) is 16.7 Å². The Morgan fingerprint density at radius 1 is 0.720 bits per heavy atom. The lowest BCUT2D eigenvalue weighted by Gasteiger charge is -2.10. The van der Waals surface area contributed by atoms with Crippen molar-refractivity contribution in [2.75, 3.05) is 0 Å². The van der Waals surface area contributed by atoms with Gasteiger partial charge in [0.15, 0.2) is 0 Å². The maximum absolute atomic E-state index is 13.9. The minimum absolute atomic E-state index is 0.168. The second kappa shape index (κ2) is 8.31. The molecule has 3 rings (SSSR count). The summed E-state index contributed by atoms with van der Waals surface area (Å²) >= 11 is 0. The molecule has 0 bridgehead atoms. The van der Waals surface area contributed by atoms with Crippen LogP contribution in [0, 0.1) is 5.82 Å². The second-order valence-corrected chi connectivity index (χ2v) is 5.66. The van der Waals surface area contributed by atoms with Gasteiger partial charge in [-0.3, -0.25) is 0 Å². The van der Waals surface area contributed by atoms with Crippen LogP contribution in [-0.4, -0.2) is 0 Å². The van der Waals surface area contributed by atoms with Gasteiger partial charge in [0.25, 0.3) is 0 Å². The maximum atomic E-state index is 13.9. The van der Waals surface area contributed by atoms with E-state index in [1.807, 2.05) is 60.7 Å². The molecule has 3 aromatic rings. The van der Waals surface area contributed by atoms with E-state index < -0.39 is 0 Å². The topological polar surface area (TPSA) is 44.5 Å². The van der Waals surface area contributed by atoms with Crippen LogP contribution in [0.15, 0.2) is 72.8 Å². The lowest BCUT2D eigenvalue weighted by molar-refractivity contribution is 0.293. The smallest absolute Gasteiger partial charge is 0.130 e. The highest BCUT2D eigenvalue weighted by Crippen LogP contribution is 2.20. The lowest BCUT2D eigenvalue weighted by atomic mass is 10.1. The summed E-state index contributed by atoms with van der Waals surface area (Å²) in [6.07, 6.45) is 0. The monoisotopic (exact) mass is 337 g/mol. The summed E-state index contributed by atoms with van der Waals surface area (Å²) in [5.74, 6) is 1.12. The molecule has 4 heteroatoms. The van der Waals surface area contributed by atoms with E-state index in [0.29, 0.717) is 24.5 Å². The highest BCUT2D eigenvalue weighted by Gasteiger charge is 2.05. The quantitative estimate of drug-likeness (QED) is 0.693. The van der Waals surface area contributed by atoms with Crippen LogP contribution in [0.4, 0.5) is 4.39 Å². The number of benzene rings is 3. The summed E-state index contributed by atoms with van der Waals surface area (Å²) in [6.45, 7) is 1.00. The van der Waals surface area contributed by atoms with Crippen molar-refractivity contribution in [2.24, 2.45) is 5.73 Å². The molecule has 3 aromatic carbocycles. The minimum atomic E-state index is -0.300.